The second-order valence-electron chi connectivity index (χ2n) is 7.58. The van der Waals surface area contributed by atoms with Crippen molar-refractivity contribution in [3.8, 4) is 0 Å². The molecular weight excluding hydrogens is 428 g/mol. The molecule has 0 aromatic carbocycles. The number of hydrogen-bond acceptors (Lipinski definition) is 3. The summed E-state index contributed by atoms with van der Waals surface area (Å²) in [5.41, 5.74) is 3.22. The molecule has 7 heteroatoms. The van der Waals surface area contributed by atoms with E-state index >= 15 is 0 Å². The van der Waals surface area contributed by atoms with Gasteiger partial charge in [-0.3, -0.25) is 9.48 Å². The molecule has 1 aromatic rings. The van der Waals surface area contributed by atoms with E-state index in [-0.39, 0.29) is 11.6 Å². The van der Waals surface area contributed by atoms with Gasteiger partial charge in [0.25, 0.3) is 5.91 Å². The molecule has 2 atom stereocenters. The summed E-state index contributed by atoms with van der Waals surface area (Å²) in [5.74, 6) is 0.533. The minimum Gasteiger partial charge on any atom is -0.346 e. The molecule has 0 bridgehead atoms. The maximum Gasteiger partial charge on any atom is 0.269 e. The van der Waals surface area contributed by atoms with Crippen LogP contribution in [0.3, 0.4) is 0 Å². The number of thioether (sulfide) groups is 1. The number of carbonyl (C=O) groups is 1. The van der Waals surface area contributed by atoms with Crippen molar-refractivity contribution in [2.75, 3.05) is 12.3 Å². The van der Waals surface area contributed by atoms with Crippen LogP contribution in [0.2, 0.25) is 0 Å². The van der Waals surface area contributed by atoms with Gasteiger partial charge in [0, 0.05) is 24.3 Å². The predicted molar refractivity (Wildman–Crippen MR) is 136 cm³/mol. The molecule has 0 spiro atoms. The fourth-order valence-electron chi connectivity index (χ4n) is 2.90. The summed E-state index contributed by atoms with van der Waals surface area (Å²) in [4.78, 5) is 13.6. The van der Waals surface area contributed by atoms with Crippen LogP contribution in [0.25, 0.3) is 0 Å². The third-order valence-electron chi connectivity index (χ3n) is 4.81. The average molecular weight is 466 g/mol. The van der Waals surface area contributed by atoms with Crippen molar-refractivity contribution < 1.29 is 9.18 Å². The molecule has 1 heterocycles. The highest BCUT2D eigenvalue weighted by Crippen LogP contribution is 2.31. The number of amides is 1. The largest absolute Gasteiger partial charge is 0.346 e. The fourth-order valence-corrected chi connectivity index (χ4v) is 3.91. The van der Waals surface area contributed by atoms with E-state index in [4.69, 9.17) is 0 Å². The van der Waals surface area contributed by atoms with Crippen LogP contribution in [0.15, 0.2) is 53.0 Å². The predicted octanol–water partition coefficient (Wildman–Crippen LogP) is 6.44. The zero-order valence-corrected chi connectivity index (χ0v) is 21.5. The summed E-state index contributed by atoms with van der Waals surface area (Å²) < 4.78 is 15.5. The number of aryl methyl sites for hydroxylation is 1. The van der Waals surface area contributed by atoms with Crippen molar-refractivity contribution in [3.05, 3.63) is 64.4 Å². The topological polar surface area (TPSA) is 46.9 Å². The summed E-state index contributed by atoms with van der Waals surface area (Å²) in [6, 6.07) is 1.49. The molecule has 1 rings (SSSR count). The van der Waals surface area contributed by atoms with Crippen molar-refractivity contribution in [1.82, 2.24) is 15.1 Å². The molecule has 1 N–H and O–H groups in total. The second-order valence-corrected chi connectivity index (χ2v) is 9.76. The quantitative estimate of drug-likeness (QED) is 0.269. The molecule has 0 aliphatic rings. The van der Waals surface area contributed by atoms with E-state index in [2.05, 4.69) is 46.2 Å². The molecule has 0 fully saturated rings. The van der Waals surface area contributed by atoms with E-state index in [1.165, 1.54) is 41.7 Å². The molecule has 1 amide bonds. The molecule has 4 nitrogen and oxygen atoms in total. The molecule has 31 heavy (non-hydrogen) atoms. The minimum atomic E-state index is -1.67. The summed E-state index contributed by atoms with van der Waals surface area (Å²) >= 11 is 1.70. The Bertz CT molecular complexity index is 834. The Balaban J connectivity index is 2.74. The Labute approximate surface area is 193 Å². The van der Waals surface area contributed by atoms with Crippen molar-refractivity contribution in [2.45, 2.75) is 58.8 Å². The zero-order valence-electron chi connectivity index (χ0n) is 19.5. The van der Waals surface area contributed by atoms with Crippen LogP contribution in [0.4, 0.5) is 4.39 Å². The number of halogens is 1. The summed E-state index contributed by atoms with van der Waals surface area (Å²) in [6.45, 7) is 12.0. The third kappa shape index (κ3) is 9.57. The number of carbonyl (C=O) groups excluding carboxylic acids is 1. The van der Waals surface area contributed by atoms with Gasteiger partial charge in [0.05, 0.1) is 0 Å². The van der Waals surface area contributed by atoms with Crippen LogP contribution in [0.5, 0.6) is 0 Å². The normalized spacial score (nSPS) is 15.0. The van der Waals surface area contributed by atoms with Gasteiger partial charge in [0.15, 0.2) is 5.41 Å². The van der Waals surface area contributed by atoms with Gasteiger partial charge in [0.1, 0.15) is 11.4 Å². The molecule has 1 aromatic heterocycles. The number of rotatable bonds is 13. The molecule has 0 radical (unpaired) electrons. The lowest BCUT2D eigenvalue weighted by Gasteiger charge is -2.11. The molecule has 0 saturated carbocycles. The van der Waals surface area contributed by atoms with Gasteiger partial charge in [-0.25, -0.2) is 4.39 Å². The van der Waals surface area contributed by atoms with Crippen molar-refractivity contribution >= 4 is 26.9 Å². The van der Waals surface area contributed by atoms with Gasteiger partial charge in [-0.2, -0.15) is 5.10 Å². The van der Waals surface area contributed by atoms with Gasteiger partial charge in [-0.15, -0.1) is 11.8 Å². The Kier molecular flexibility index (Phi) is 12.1. The molecule has 0 saturated heterocycles. The Hall–Kier alpha value is -1.65. The summed E-state index contributed by atoms with van der Waals surface area (Å²) in [6.07, 6.45) is 12.7. The van der Waals surface area contributed by atoms with Gasteiger partial charge in [-0.05, 0) is 44.7 Å². The van der Waals surface area contributed by atoms with Gasteiger partial charge in [-0.1, -0.05) is 66.0 Å². The van der Waals surface area contributed by atoms with Crippen LogP contribution in [0, 0.1) is 0 Å². The lowest BCUT2D eigenvalue weighted by atomic mass is 10.0. The first-order valence-corrected chi connectivity index (χ1v) is 12.3. The van der Waals surface area contributed by atoms with E-state index in [1.807, 2.05) is 25.2 Å². The first-order valence-electron chi connectivity index (χ1n) is 10.8. The minimum absolute atomic E-state index is 0.214. The number of nitrogens with zero attached hydrogens (tertiary/aromatic N) is 2. The summed E-state index contributed by atoms with van der Waals surface area (Å²) in [7, 11) is 3.74. The lowest BCUT2D eigenvalue weighted by molar-refractivity contribution is 0.0948. The van der Waals surface area contributed by atoms with Gasteiger partial charge in [0.2, 0.25) is 0 Å². The Morgan fingerprint density at radius 2 is 2.16 bits per heavy atom. The highest BCUT2D eigenvalue weighted by Gasteiger charge is 2.25. The number of unbranched alkanes of at least 4 members (excludes halogenated alkanes) is 1. The SMILES string of the molecule is C=C/C=C(\C=C(\CC)CCCC)CS/C(=C\C)CNC(=O)c1cc(C(C)(F)P)nn1C. The molecule has 0 aliphatic carbocycles. The molecule has 0 aliphatic heterocycles. The smallest absolute Gasteiger partial charge is 0.269 e. The fraction of sp³-hybridized carbons (Fsp3) is 0.500. The van der Waals surface area contributed by atoms with Gasteiger partial charge >= 0.3 is 0 Å². The molecule has 172 valence electrons. The van der Waals surface area contributed by atoms with Crippen molar-refractivity contribution in [3.63, 3.8) is 0 Å². The van der Waals surface area contributed by atoms with Crippen molar-refractivity contribution in [1.29, 1.82) is 0 Å². The monoisotopic (exact) mass is 465 g/mol. The van der Waals surface area contributed by atoms with Crippen LogP contribution in [-0.4, -0.2) is 28.0 Å². The van der Waals surface area contributed by atoms with Crippen LogP contribution in [0.1, 0.15) is 69.6 Å². The average Bonchev–Trinajstić information content (AvgIpc) is 3.13. The summed E-state index contributed by atoms with van der Waals surface area (Å²) in [5, 5.41) is 5.35. The van der Waals surface area contributed by atoms with E-state index < -0.39 is 5.41 Å². The van der Waals surface area contributed by atoms with E-state index in [0.29, 0.717) is 12.2 Å². The number of alkyl halides is 1. The first-order chi connectivity index (χ1) is 14.7. The van der Waals surface area contributed by atoms with Gasteiger partial charge < -0.3 is 5.32 Å². The van der Waals surface area contributed by atoms with E-state index in [0.717, 1.165) is 23.5 Å². The maximum absolute atomic E-state index is 14.1. The molecular formula is C24H37FN3OPS. The maximum atomic E-state index is 14.1. The highest BCUT2D eigenvalue weighted by molar-refractivity contribution is 8.03. The van der Waals surface area contributed by atoms with Crippen LogP contribution < -0.4 is 5.32 Å². The standard InChI is InChI=1S/C24H37FN3OPS/c1-7-11-13-18(9-3)14-19(12-8-2)17-31-20(10-4)16-26-23(29)21-15-22(24(5,25)30)27-28(21)6/h8,10,12,14-15H,2,7,9,11,13,16-17,30H2,1,3-6H3,(H,26,29)/b18-14-,19-12+,20-10-. The Morgan fingerprint density at radius 1 is 1.45 bits per heavy atom. The molecule has 2 unspecified atom stereocenters. The lowest BCUT2D eigenvalue weighted by Crippen LogP contribution is -2.27. The number of nitrogens with one attached hydrogen (secondary N) is 1. The Morgan fingerprint density at radius 3 is 2.68 bits per heavy atom. The number of aromatic nitrogens is 2. The van der Waals surface area contributed by atoms with Crippen molar-refractivity contribution in [2.24, 2.45) is 7.05 Å². The third-order valence-corrected chi connectivity index (χ3v) is 6.33. The van der Waals surface area contributed by atoms with E-state index in [1.54, 1.807) is 18.8 Å². The highest BCUT2D eigenvalue weighted by atomic mass is 32.2. The number of hydrogen-bond donors (Lipinski definition) is 1. The van der Waals surface area contributed by atoms with Crippen LogP contribution >= 0.6 is 21.0 Å². The second kappa shape index (κ2) is 13.7. The number of allylic oxidation sites excluding steroid dienone is 5. The first kappa shape index (κ1) is 27.4. The van der Waals surface area contributed by atoms with E-state index in [9.17, 15) is 9.18 Å². The zero-order chi connectivity index (χ0) is 23.4. The van der Waals surface area contributed by atoms with Crippen LogP contribution in [-0.2, 0) is 12.5 Å².